The number of nitrogens with two attached hydrogens (primary N) is 1. The molecule has 118 valence electrons. The number of hydrogen-bond donors (Lipinski definition) is 2. The molecule has 1 aliphatic rings. The number of amides is 1. The van der Waals surface area contributed by atoms with Gasteiger partial charge in [0.05, 0.1) is 0 Å². The molecule has 0 saturated heterocycles. The SMILES string of the molecule is NS(=O)(=O)c1cc(C(=O)NC2CCC2)n(CC(F)(F)F)c1. The Hall–Kier alpha value is -1.55. The molecule has 1 amide bonds. The molecule has 0 aromatic carbocycles. The molecular weight excluding hydrogens is 311 g/mol. The molecular formula is C11H14F3N3O3S. The maximum Gasteiger partial charge on any atom is 0.406 e. The Balaban J connectivity index is 2.31. The lowest BCUT2D eigenvalue weighted by Crippen LogP contribution is -2.40. The maximum atomic E-state index is 12.5. The second-order valence-corrected chi connectivity index (χ2v) is 6.51. The summed E-state index contributed by atoms with van der Waals surface area (Å²) in [5.41, 5.74) is -0.372. The van der Waals surface area contributed by atoms with Crippen LogP contribution < -0.4 is 10.5 Å². The second-order valence-electron chi connectivity index (χ2n) is 4.95. The number of carbonyl (C=O) groups is 1. The summed E-state index contributed by atoms with van der Waals surface area (Å²) in [7, 11) is -4.18. The first-order valence-corrected chi connectivity index (χ1v) is 7.71. The number of rotatable bonds is 4. The van der Waals surface area contributed by atoms with Crippen molar-refractivity contribution in [1.82, 2.24) is 9.88 Å². The van der Waals surface area contributed by atoms with E-state index in [-0.39, 0.29) is 11.7 Å². The van der Waals surface area contributed by atoms with Crippen molar-refractivity contribution in [1.29, 1.82) is 0 Å². The molecule has 10 heteroatoms. The molecule has 0 aliphatic heterocycles. The van der Waals surface area contributed by atoms with Gasteiger partial charge in [-0.05, 0) is 25.3 Å². The molecule has 0 spiro atoms. The van der Waals surface area contributed by atoms with Crippen LogP contribution in [0.5, 0.6) is 0 Å². The summed E-state index contributed by atoms with van der Waals surface area (Å²) in [6, 6.07) is 0.777. The molecule has 0 bridgehead atoms. The minimum absolute atomic E-state index is 0.0790. The number of halogens is 3. The average molecular weight is 325 g/mol. The highest BCUT2D eigenvalue weighted by molar-refractivity contribution is 7.89. The van der Waals surface area contributed by atoms with E-state index in [2.05, 4.69) is 5.32 Å². The number of nitrogens with zero attached hydrogens (tertiary/aromatic N) is 1. The number of alkyl halides is 3. The summed E-state index contributed by atoms with van der Waals surface area (Å²) < 4.78 is 60.5. The molecule has 1 fully saturated rings. The molecule has 0 radical (unpaired) electrons. The summed E-state index contributed by atoms with van der Waals surface area (Å²) in [5.74, 6) is -0.737. The van der Waals surface area contributed by atoms with Crippen LogP contribution in [0.1, 0.15) is 29.8 Å². The lowest BCUT2D eigenvalue weighted by atomic mass is 9.93. The van der Waals surface area contributed by atoms with Crippen LogP contribution in [0.25, 0.3) is 0 Å². The zero-order valence-corrected chi connectivity index (χ0v) is 11.7. The van der Waals surface area contributed by atoms with E-state index >= 15 is 0 Å². The van der Waals surface area contributed by atoms with Crippen molar-refractivity contribution in [3.8, 4) is 0 Å². The minimum Gasteiger partial charge on any atom is -0.348 e. The van der Waals surface area contributed by atoms with Crippen LogP contribution in [-0.2, 0) is 16.6 Å². The number of nitrogens with one attached hydrogen (secondary N) is 1. The zero-order chi connectivity index (χ0) is 15.8. The fourth-order valence-corrected chi connectivity index (χ4v) is 2.52. The number of aromatic nitrogens is 1. The van der Waals surface area contributed by atoms with Crippen molar-refractivity contribution in [2.75, 3.05) is 0 Å². The zero-order valence-electron chi connectivity index (χ0n) is 10.9. The molecule has 6 nitrogen and oxygen atoms in total. The number of primary sulfonamides is 1. The fourth-order valence-electron chi connectivity index (χ4n) is 1.97. The lowest BCUT2D eigenvalue weighted by molar-refractivity contribution is -0.140. The number of hydrogen-bond acceptors (Lipinski definition) is 3. The van der Waals surface area contributed by atoms with Gasteiger partial charge in [0.1, 0.15) is 17.1 Å². The molecule has 1 aromatic rings. The lowest BCUT2D eigenvalue weighted by Gasteiger charge is -2.26. The van der Waals surface area contributed by atoms with E-state index in [0.717, 1.165) is 31.5 Å². The largest absolute Gasteiger partial charge is 0.406 e. The third kappa shape index (κ3) is 3.97. The van der Waals surface area contributed by atoms with Gasteiger partial charge in [0.2, 0.25) is 10.0 Å². The van der Waals surface area contributed by atoms with E-state index < -0.39 is 33.5 Å². The van der Waals surface area contributed by atoms with Gasteiger partial charge in [-0.15, -0.1) is 0 Å². The molecule has 2 rings (SSSR count). The predicted octanol–water partition coefficient (Wildman–Crippen LogP) is 0.980. The van der Waals surface area contributed by atoms with Crippen LogP contribution in [0.4, 0.5) is 13.2 Å². The topological polar surface area (TPSA) is 94.2 Å². The van der Waals surface area contributed by atoms with Crippen LogP contribution >= 0.6 is 0 Å². The molecule has 21 heavy (non-hydrogen) atoms. The first-order chi connectivity index (χ1) is 9.56. The van der Waals surface area contributed by atoms with Crippen molar-refractivity contribution >= 4 is 15.9 Å². The predicted molar refractivity (Wildman–Crippen MR) is 67.0 cm³/mol. The molecule has 3 N–H and O–H groups in total. The van der Waals surface area contributed by atoms with Crippen molar-refractivity contribution in [2.45, 2.75) is 42.9 Å². The van der Waals surface area contributed by atoms with Gasteiger partial charge in [-0.3, -0.25) is 4.79 Å². The Labute approximate surface area is 119 Å². The first kappa shape index (κ1) is 15.8. The van der Waals surface area contributed by atoms with Gasteiger partial charge in [0.15, 0.2) is 0 Å². The van der Waals surface area contributed by atoms with Crippen LogP contribution in [0.2, 0.25) is 0 Å². The van der Waals surface area contributed by atoms with Crippen LogP contribution in [0.3, 0.4) is 0 Å². The molecule has 1 saturated carbocycles. The second kappa shape index (κ2) is 5.34. The van der Waals surface area contributed by atoms with Gasteiger partial charge in [-0.25, -0.2) is 13.6 Å². The molecule has 1 aromatic heterocycles. The average Bonchev–Trinajstić information content (AvgIpc) is 2.64. The Morgan fingerprint density at radius 1 is 1.43 bits per heavy atom. The van der Waals surface area contributed by atoms with Crippen LogP contribution in [0.15, 0.2) is 17.2 Å². The van der Waals surface area contributed by atoms with Crippen LogP contribution in [-0.4, -0.2) is 31.1 Å². The normalized spacial score (nSPS) is 16.6. The van der Waals surface area contributed by atoms with E-state index in [1.807, 2.05) is 0 Å². The third-order valence-corrected chi connectivity index (χ3v) is 4.10. The van der Waals surface area contributed by atoms with Gasteiger partial charge in [-0.2, -0.15) is 13.2 Å². The Kier molecular flexibility index (Phi) is 4.02. The highest BCUT2D eigenvalue weighted by Gasteiger charge is 2.32. The van der Waals surface area contributed by atoms with Crippen molar-refractivity contribution in [2.24, 2.45) is 5.14 Å². The molecule has 1 heterocycles. The third-order valence-electron chi connectivity index (χ3n) is 3.22. The fraction of sp³-hybridized carbons (Fsp3) is 0.545. The quantitative estimate of drug-likeness (QED) is 0.864. The maximum absolute atomic E-state index is 12.5. The highest BCUT2D eigenvalue weighted by atomic mass is 32.2. The Bertz CT molecular complexity index is 647. The summed E-state index contributed by atoms with van der Waals surface area (Å²) in [6.07, 6.45) is -1.41. The minimum atomic E-state index is -4.58. The van der Waals surface area contributed by atoms with E-state index in [9.17, 15) is 26.4 Å². The van der Waals surface area contributed by atoms with Gasteiger partial charge >= 0.3 is 6.18 Å². The van der Waals surface area contributed by atoms with Crippen molar-refractivity contribution < 1.29 is 26.4 Å². The van der Waals surface area contributed by atoms with Gasteiger partial charge in [0, 0.05) is 12.2 Å². The van der Waals surface area contributed by atoms with Crippen molar-refractivity contribution in [3.05, 3.63) is 18.0 Å². The summed E-state index contributed by atoms with van der Waals surface area (Å²) in [4.78, 5) is 11.4. The highest BCUT2D eigenvalue weighted by Crippen LogP contribution is 2.23. The van der Waals surface area contributed by atoms with E-state index in [4.69, 9.17) is 5.14 Å². The number of sulfonamides is 1. The summed E-state index contributed by atoms with van der Waals surface area (Å²) in [6.45, 7) is -1.46. The summed E-state index contributed by atoms with van der Waals surface area (Å²) >= 11 is 0. The Morgan fingerprint density at radius 2 is 2.05 bits per heavy atom. The molecule has 0 atom stereocenters. The van der Waals surface area contributed by atoms with Crippen molar-refractivity contribution in [3.63, 3.8) is 0 Å². The van der Waals surface area contributed by atoms with Gasteiger partial charge in [-0.1, -0.05) is 0 Å². The summed E-state index contributed by atoms with van der Waals surface area (Å²) in [5, 5.41) is 7.45. The van der Waals surface area contributed by atoms with Gasteiger partial charge < -0.3 is 9.88 Å². The molecule has 0 unspecified atom stereocenters. The smallest absolute Gasteiger partial charge is 0.348 e. The van der Waals surface area contributed by atoms with E-state index in [0.29, 0.717) is 4.57 Å². The van der Waals surface area contributed by atoms with Crippen LogP contribution in [0, 0.1) is 0 Å². The standard InChI is InChI=1S/C11H14F3N3O3S/c12-11(13,14)6-17-5-8(21(15,19)20)4-9(17)10(18)16-7-2-1-3-7/h4-5,7H,1-3,6H2,(H,16,18)(H2,15,19,20). The monoisotopic (exact) mass is 325 g/mol. The van der Waals surface area contributed by atoms with E-state index in [1.165, 1.54) is 0 Å². The number of carbonyl (C=O) groups excluding carboxylic acids is 1. The first-order valence-electron chi connectivity index (χ1n) is 6.17. The van der Waals surface area contributed by atoms with E-state index in [1.54, 1.807) is 0 Å². The molecule has 1 aliphatic carbocycles. The van der Waals surface area contributed by atoms with Gasteiger partial charge in [0.25, 0.3) is 5.91 Å². The Morgan fingerprint density at radius 3 is 2.48 bits per heavy atom.